The van der Waals surface area contributed by atoms with Gasteiger partial charge in [-0.25, -0.2) is 4.90 Å². The summed E-state index contributed by atoms with van der Waals surface area (Å²) in [5.41, 5.74) is 1.75. The number of methoxy groups -OCH3 is 1. The Morgan fingerprint density at radius 2 is 1.97 bits per heavy atom. The second kappa shape index (κ2) is 10.5. The van der Waals surface area contributed by atoms with Crippen molar-refractivity contribution in [3.8, 4) is 17.2 Å². The van der Waals surface area contributed by atoms with Crippen molar-refractivity contribution in [2.75, 3.05) is 26.6 Å². The van der Waals surface area contributed by atoms with E-state index in [9.17, 15) is 4.79 Å². The zero-order chi connectivity index (χ0) is 24.2. The van der Waals surface area contributed by atoms with Crippen molar-refractivity contribution in [1.82, 2.24) is 4.90 Å². The third-order valence-electron chi connectivity index (χ3n) is 4.92. The molecule has 0 atom stereocenters. The third kappa shape index (κ3) is 4.94. The van der Waals surface area contributed by atoms with Crippen molar-refractivity contribution in [3.05, 3.63) is 58.1 Å². The van der Waals surface area contributed by atoms with Gasteiger partial charge in [0.2, 0.25) is 5.17 Å². The van der Waals surface area contributed by atoms with Gasteiger partial charge in [-0.1, -0.05) is 41.6 Å². The summed E-state index contributed by atoms with van der Waals surface area (Å²) in [6.07, 6.45) is 3.41. The number of rotatable bonds is 7. The van der Waals surface area contributed by atoms with Crippen LogP contribution in [0.3, 0.4) is 0 Å². The van der Waals surface area contributed by atoms with E-state index in [-0.39, 0.29) is 18.0 Å². The van der Waals surface area contributed by atoms with Crippen LogP contribution in [-0.4, -0.2) is 53.6 Å². The number of benzene rings is 2. The van der Waals surface area contributed by atoms with Crippen LogP contribution in [0.15, 0.2) is 51.4 Å². The maximum Gasteiger partial charge on any atom is 0.283 e. The summed E-state index contributed by atoms with van der Waals surface area (Å²) in [6.45, 7) is 2.56. The Bertz CT molecular complexity index is 1250. The molecule has 2 aliphatic rings. The highest BCUT2D eigenvalue weighted by Crippen LogP contribution is 2.38. The molecule has 34 heavy (non-hydrogen) atoms. The van der Waals surface area contributed by atoms with Gasteiger partial charge in [0.05, 0.1) is 29.7 Å². The van der Waals surface area contributed by atoms with Gasteiger partial charge in [-0.2, -0.15) is 9.39 Å². The molecule has 2 aromatic carbocycles. The van der Waals surface area contributed by atoms with E-state index < -0.39 is 5.91 Å². The number of thioether (sulfide) groups is 1. The summed E-state index contributed by atoms with van der Waals surface area (Å²) >= 11 is 8.94. The van der Waals surface area contributed by atoms with E-state index in [1.54, 1.807) is 23.1 Å². The lowest BCUT2D eigenvalue weighted by Gasteiger charge is -2.24. The Kier molecular flexibility index (Phi) is 7.50. The van der Waals surface area contributed by atoms with Crippen LogP contribution in [0, 0.1) is 12.3 Å². The molecule has 0 aliphatic carbocycles. The summed E-state index contributed by atoms with van der Waals surface area (Å²) in [6, 6.07) is 11.1. The zero-order valence-corrected chi connectivity index (χ0v) is 21.0. The second-order valence-corrected chi connectivity index (χ2v) is 9.02. The van der Waals surface area contributed by atoms with Gasteiger partial charge in [0.25, 0.3) is 5.91 Å². The van der Waals surface area contributed by atoms with Crippen LogP contribution < -0.4 is 14.2 Å². The molecule has 0 saturated carbocycles. The molecule has 0 unspecified atom stereocenters. The van der Waals surface area contributed by atoms with Gasteiger partial charge in [0, 0.05) is 0 Å². The molecular weight excluding hydrogens is 496 g/mol. The Balaban J connectivity index is 1.51. The number of halogens is 1. The van der Waals surface area contributed by atoms with Crippen LogP contribution in [0.1, 0.15) is 11.1 Å². The Morgan fingerprint density at radius 1 is 1.21 bits per heavy atom. The van der Waals surface area contributed by atoms with Gasteiger partial charge < -0.3 is 14.2 Å². The van der Waals surface area contributed by atoms with Crippen molar-refractivity contribution < 1.29 is 19.0 Å². The molecule has 8 nitrogen and oxygen atoms in total. The van der Waals surface area contributed by atoms with E-state index in [0.717, 1.165) is 23.3 Å². The predicted octanol–water partition coefficient (Wildman–Crippen LogP) is 5.05. The van der Waals surface area contributed by atoms with Crippen molar-refractivity contribution in [2.24, 2.45) is 9.39 Å². The Morgan fingerprint density at radius 3 is 2.71 bits per heavy atom. The maximum absolute atomic E-state index is 12.6. The van der Waals surface area contributed by atoms with Crippen LogP contribution >= 0.6 is 35.3 Å². The van der Waals surface area contributed by atoms with Crippen LogP contribution in [0.2, 0.25) is 5.02 Å². The molecule has 0 spiro atoms. The number of hydrogen-bond donors (Lipinski definition) is 1. The van der Waals surface area contributed by atoms with Crippen LogP contribution in [0.4, 0.5) is 0 Å². The third-order valence-corrected chi connectivity index (χ3v) is 6.66. The Hall–Kier alpha value is -2.95. The topological polar surface area (TPSA) is 96.6 Å². The second-order valence-electron chi connectivity index (χ2n) is 7.11. The molecule has 1 amide bonds. The molecule has 0 aromatic heterocycles. The van der Waals surface area contributed by atoms with Crippen LogP contribution in [-0.2, 0) is 4.79 Å². The maximum atomic E-state index is 12.6. The average molecular weight is 517 g/mol. The molecule has 4 rings (SSSR count). The first-order valence-electron chi connectivity index (χ1n) is 10.1. The van der Waals surface area contributed by atoms with E-state index in [1.165, 1.54) is 18.9 Å². The number of carbonyl (C=O) groups excluding carboxylic acids is 1. The molecule has 2 aromatic rings. The SMILES string of the molecule is COc1cc(/C=C2/C(=N)N3C(SC)=NSC3=NC2=O)cc(Cl)c1OCCOc1ccccc1C. The lowest BCUT2D eigenvalue weighted by Crippen LogP contribution is -2.41. The number of fused-ring (bicyclic) bond motifs is 1. The lowest BCUT2D eigenvalue weighted by molar-refractivity contribution is -0.114. The highest BCUT2D eigenvalue weighted by Gasteiger charge is 2.37. The average Bonchev–Trinajstić information content (AvgIpc) is 3.24. The zero-order valence-electron chi connectivity index (χ0n) is 18.6. The van der Waals surface area contributed by atoms with Crippen molar-refractivity contribution in [1.29, 1.82) is 5.41 Å². The van der Waals surface area contributed by atoms with Gasteiger partial charge in [-0.05, 0) is 48.6 Å². The number of nitrogens with zero attached hydrogens (tertiary/aromatic N) is 3. The smallest absolute Gasteiger partial charge is 0.283 e. The molecule has 0 radical (unpaired) electrons. The summed E-state index contributed by atoms with van der Waals surface area (Å²) in [5, 5.41) is 9.81. The van der Waals surface area contributed by atoms with E-state index in [4.69, 9.17) is 31.2 Å². The minimum atomic E-state index is -0.509. The van der Waals surface area contributed by atoms with Crippen molar-refractivity contribution in [3.63, 3.8) is 0 Å². The molecule has 0 bridgehead atoms. The number of hydrogen-bond acceptors (Lipinski definition) is 8. The Labute approximate surface area is 210 Å². The molecular formula is C23H21ClN4O4S2. The first-order valence-corrected chi connectivity index (χ1v) is 12.5. The fourth-order valence-corrected chi connectivity index (χ4v) is 5.00. The van der Waals surface area contributed by atoms with Crippen molar-refractivity contribution >= 4 is 63.5 Å². The van der Waals surface area contributed by atoms with Gasteiger partial charge in [-0.15, -0.1) is 0 Å². The molecule has 2 heterocycles. The lowest BCUT2D eigenvalue weighted by atomic mass is 10.1. The highest BCUT2D eigenvalue weighted by molar-refractivity contribution is 8.18. The quantitative estimate of drug-likeness (QED) is 0.312. The summed E-state index contributed by atoms with van der Waals surface area (Å²) < 4.78 is 21.3. The first-order chi connectivity index (χ1) is 16.4. The molecule has 0 saturated heterocycles. The summed E-state index contributed by atoms with van der Waals surface area (Å²) in [4.78, 5) is 18.2. The number of aryl methyl sites for hydroxylation is 1. The van der Waals surface area contributed by atoms with Gasteiger partial charge in [0.15, 0.2) is 16.7 Å². The highest BCUT2D eigenvalue weighted by atomic mass is 35.5. The summed E-state index contributed by atoms with van der Waals surface area (Å²) in [5.74, 6) is 1.07. The minimum Gasteiger partial charge on any atom is -0.493 e. The van der Waals surface area contributed by atoms with Gasteiger partial charge in [0.1, 0.15) is 24.8 Å². The van der Waals surface area contributed by atoms with Gasteiger partial charge >= 0.3 is 0 Å². The molecule has 176 valence electrons. The standard InChI is InChI=1S/C23H21ClN4O4S2/c1-13-6-4-5-7-17(13)31-8-9-32-19-16(24)11-14(12-18(19)30-2)10-15-20(25)28-22(26-21(15)29)34-27-23(28)33-3/h4-7,10-12,25H,8-9H2,1-3H3/b15-10-,25-20?. The number of nitrogens with one attached hydrogen (secondary N) is 1. The fraction of sp³-hybridized carbons (Fsp3) is 0.217. The molecule has 0 fully saturated rings. The first kappa shape index (κ1) is 24.2. The predicted molar refractivity (Wildman–Crippen MR) is 139 cm³/mol. The number of carbonyl (C=O) groups is 1. The van der Waals surface area contributed by atoms with E-state index >= 15 is 0 Å². The fourth-order valence-electron chi connectivity index (χ4n) is 3.28. The monoisotopic (exact) mass is 516 g/mol. The van der Waals surface area contributed by atoms with Crippen molar-refractivity contribution in [2.45, 2.75) is 6.92 Å². The normalized spacial score (nSPS) is 16.4. The van der Waals surface area contributed by atoms with Crippen LogP contribution in [0.5, 0.6) is 17.2 Å². The van der Waals surface area contributed by atoms with E-state index in [2.05, 4.69) is 9.39 Å². The summed E-state index contributed by atoms with van der Waals surface area (Å²) in [7, 11) is 1.51. The number of ether oxygens (including phenoxy) is 3. The largest absolute Gasteiger partial charge is 0.493 e. The minimum absolute atomic E-state index is 0.0110. The number of amidine groups is 3. The molecule has 2 aliphatic heterocycles. The van der Waals surface area contributed by atoms with Gasteiger partial charge in [-0.3, -0.25) is 10.2 Å². The molecule has 11 heteroatoms. The van der Waals surface area contributed by atoms with E-state index in [1.807, 2.05) is 37.4 Å². The molecule has 1 N–H and O–H groups in total. The number of para-hydroxylation sites is 1. The number of aliphatic imine (C=N–C) groups is 1. The number of amides is 1. The van der Waals surface area contributed by atoms with E-state index in [0.29, 0.717) is 39.0 Å². The van der Waals surface area contributed by atoms with Crippen LogP contribution in [0.25, 0.3) is 6.08 Å².